The number of fused-ring (bicyclic) bond motifs is 1. The van der Waals surface area contributed by atoms with Crippen LogP contribution in [0.4, 0.5) is 5.82 Å². The van der Waals surface area contributed by atoms with E-state index < -0.39 is 0 Å². The quantitative estimate of drug-likeness (QED) is 0.660. The molecule has 0 aliphatic carbocycles. The van der Waals surface area contributed by atoms with Crippen LogP contribution in [0.3, 0.4) is 0 Å². The lowest BCUT2D eigenvalue weighted by Crippen LogP contribution is -2.04. The molecule has 1 aromatic heterocycles. The van der Waals surface area contributed by atoms with Gasteiger partial charge in [0.15, 0.2) is 0 Å². The van der Waals surface area contributed by atoms with Crippen LogP contribution in [0, 0.1) is 0 Å². The summed E-state index contributed by atoms with van der Waals surface area (Å²) in [4.78, 5) is 15.7. The smallest absolute Gasteiger partial charge is 0.337 e. The van der Waals surface area contributed by atoms with E-state index in [-0.39, 0.29) is 5.97 Å². The fraction of sp³-hybridized carbons (Fsp3) is 0.231. The maximum atomic E-state index is 11.4. The Morgan fingerprint density at radius 2 is 2.11 bits per heavy atom. The van der Waals surface area contributed by atoms with Gasteiger partial charge >= 0.3 is 5.97 Å². The highest BCUT2D eigenvalue weighted by atomic mass is 16.5. The second kappa shape index (κ2) is 5.46. The van der Waals surface area contributed by atoms with Gasteiger partial charge < -0.3 is 14.8 Å². The molecule has 0 atom stereocenters. The lowest BCUT2D eigenvalue weighted by Gasteiger charge is -2.06. The molecule has 1 N–H and O–H groups in total. The molecule has 0 radical (unpaired) electrons. The van der Waals surface area contributed by atoms with Gasteiger partial charge in [-0.3, -0.25) is 0 Å². The third kappa shape index (κ3) is 2.57. The predicted octanol–water partition coefficient (Wildman–Crippen LogP) is 2.04. The van der Waals surface area contributed by atoms with Gasteiger partial charge in [0.1, 0.15) is 12.5 Å². The third-order valence-corrected chi connectivity index (χ3v) is 2.54. The second-order valence-electron chi connectivity index (χ2n) is 3.73. The van der Waals surface area contributed by atoms with Crippen LogP contribution in [0.5, 0.6) is 0 Å². The minimum atomic E-state index is -0.347. The van der Waals surface area contributed by atoms with E-state index in [2.05, 4.69) is 10.3 Å². The summed E-state index contributed by atoms with van der Waals surface area (Å²) in [5.41, 5.74) is 0.522. The summed E-state index contributed by atoms with van der Waals surface area (Å²) >= 11 is 0. The number of nitrogens with zero attached hydrogens (tertiary/aromatic N) is 1. The number of esters is 1. The number of ether oxygens (including phenoxy) is 2. The van der Waals surface area contributed by atoms with Gasteiger partial charge in [-0.1, -0.05) is 6.07 Å². The molecule has 5 nitrogen and oxygen atoms in total. The van der Waals surface area contributed by atoms with Crippen molar-refractivity contribution in [1.29, 1.82) is 0 Å². The largest absolute Gasteiger partial charge is 0.465 e. The fourth-order valence-electron chi connectivity index (χ4n) is 1.63. The Morgan fingerprint density at radius 3 is 2.83 bits per heavy atom. The number of nitrogens with one attached hydrogen (secondary N) is 1. The molecule has 0 aliphatic rings. The van der Waals surface area contributed by atoms with E-state index in [0.717, 1.165) is 10.8 Å². The summed E-state index contributed by atoms with van der Waals surface area (Å²) in [5, 5.41) is 4.89. The molecule has 18 heavy (non-hydrogen) atoms. The summed E-state index contributed by atoms with van der Waals surface area (Å²) < 4.78 is 9.60. The molecule has 0 unspecified atom stereocenters. The minimum absolute atomic E-state index is 0.347. The summed E-state index contributed by atoms with van der Waals surface area (Å²) in [6, 6.07) is 7.20. The number of methoxy groups -OCH3 is 2. The number of rotatable bonds is 4. The van der Waals surface area contributed by atoms with E-state index in [1.165, 1.54) is 7.11 Å². The van der Waals surface area contributed by atoms with Crippen LogP contribution in [0.2, 0.25) is 0 Å². The van der Waals surface area contributed by atoms with Crippen LogP contribution in [0.15, 0.2) is 30.5 Å². The molecule has 2 aromatic rings. The Hall–Kier alpha value is -2.14. The van der Waals surface area contributed by atoms with E-state index in [9.17, 15) is 4.79 Å². The molecule has 0 fully saturated rings. The lowest BCUT2D eigenvalue weighted by atomic mass is 10.1. The molecule has 1 heterocycles. The van der Waals surface area contributed by atoms with Crippen LogP contribution in [0.25, 0.3) is 10.8 Å². The van der Waals surface area contributed by atoms with Gasteiger partial charge in [0.25, 0.3) is 0 Å². The molecule has 5 heteroatoms. The van der Waals surface area contributed by atoms with E-state index in [0.29, 0.717) is 18.1 Å². The molecule has 94 valence electrons. The first-order valence-electron chi connectivity index (χ1n) is 5.45. The van der Waals surface area contributed by atoms with Crippen molar-refractivity contribution in [2.24, 2.45) is 0 Å². The molecule has 0 spiro atoms. The third-order valence-electron chi connectivity index (χ3n) is 2.54. The molecule has 1 aromatic carbocycles. The van der Waals surface area contributed by atoms with Gasteiger partial charge in [0.05, 0.1) is 12.7 Å². The monoisotopic (exact) mass is 246 g/mol. The fourth-order valence-corrected chi connectivity index (χ4v) is 1.63. The SMILES string of the molecule is COCNc1cc2cc(C(=O)OC)ccc2cn1. The molecular formula is C13H14N2O3. The molecule has 2 rings (SSSR count). The first-order chi connectivity index (χ1) is 8.74. The predicted molar refractivity (Wildman–Crippen MR) is 68.6 cm³/mol. The number of benzene rings is 1. The number of anilines is 1. The number of hydrogen-bond donors (Lipinski definition) is 1. The summed E-state index contributed by atoms with van der Waals surface area (Å²) in [7, 11) is 2.97. The highest BCUT2D eigenvalue weighted by Crippen LogP contribution is 2.18. The zero-order chi connectivity index (χ0) is 13.0. The van der Waals surface area contributed by atoms with Gasteiger partial charge in [0, 0.05) is 18.7 Å². The Morgan fingerprint density at radius 1 is 1.28 bits per heavy atom. The van der Waals surface area contributed by atoms with Crippen LogP contribution in [-0.2, 0) is 9.47 Å². The van der Waals surface area contributed by atoms with Crippen LogP contribution >= 0.6 is 0 Å². The topological polar surface area (TPSA) is 60.5 Å². The number of hydrogen-bond acceptors (Lipinski definition) is 5. The molecule has 0 saturated carbocycles. The van der Waals surface area contributed by atoms with Crippen LogP contribution in [-0.4, -0.2) is 31.9 Å². The van der Waals surface area contributed by atoms with Crippen molar-refractivity contribution in [2.45, 2.75) is 0 Å². The van der Waals surface area contributed by atoms with Gasteiger partial charge in [-0.15, -0.1) is 0 Å². The maximum Gasteiger partial charge on any atom is 0.337 e. The first-order valence-corrected chi connectivity index (χ1v) is 5.45. The first kappa shape index (κ1) is 12.3. The maximum absolute atomic E-state index is 11.4. The summed E-state index contributed by atoms with van der Waals surface area (Å²) in [6.45, 7) is 0.384. The Labute approximate surface area is 105 Å². The van der Waals surface area contributed by atoms with Crippen molar-refractivity contribution in [3.05, 3.63) is 36.0 Å². The second-order valence-corrected chi connectivity index (χ2v) is 3.73. The summed E-state index contributed by atoms with van der Waals surface area (Å²) in [6.07, 6.45) is 1.74. The van der Waals surface area contributed by atoms with E-state index >= 15 is 0 Å². The van der Waals surface area contributed by atoms with Crippen LogP contribution in [0.1, 0.15) is 10.4 Å². The molecule has 0 amide bonds. The molecule has 0 aliphatic heterocycles. The lowest BCUT2D eigenvalue weighted by molar-refractivity contribution is 0.0601. The van der Waals surface area contributed by atoms with Crippen molar-refractivity contribution in [1.82, 2.24) is 4.98 Å². The Balaban J connectivity index is 2.36. The highest BCUT2D eigenvalue weighted by Gasteiger charge is 2.06. The zero-order valence-corrected chi connectivity index (χ0v) is 10.3. The van der Waals surface area contributed by atoms with Gasteiger partial charge in [-0.05, 0) is 23.6 Å². The zero-order valence-electron chi connectivity index (χ0n) is 10.3. The average molecular weight is 246 g/mol. The van der Waals surface area contributed by atoms with Crippen LogP contribution < -0.4 is 5.32 Å². The van der Waals surface area contributed by atoms with Crippen molar-refractivity contribution >= 4 is 22.6 Å². The van der Waals surface area contributed by atoms with Gasteiger partial charge in [0.2, 0.25) is 0 Å². The van der Waals surface area contributed by atoms with E-state index in [1.807, 2.05) is 12.1 Å². The summed E-state index contributed by atoms with van der Waals surface area (Å²) in [5.74, 6) is 0.353. The van der Waals surface area contributed by atoms with Crippen molar-refractivity contribution < 1.29 is 14.3 Å². The minimum Gasteiger partial charge on any atom is -0.465 e. The molecule has 0 saturated heterocycles. The highest BCUT2D eigenvalue weighted by molar-refractivity contribution is 5.95. The normalized spacial score (nSPS) is 10.3. The number of carbonyl (C=O) groups is 1. The molecule has 0 bridgehead atoms. The number of pyridine rings is 1. The van der Waals surface area contributed by atoms with Crippen molar-refractivity contribution in [3.8, 4) is 0 Å². The Bertz CT molecular complexity index is 569. The van der Waals surface area contributed by atoms with E-state index in [1.54, 1.807) is 25.4 Å². The average Bonchev–Trinajstić information content (AvgIpc) is 2.43. The number of carbonyl (C=O) groups excluding carboxylic acids is 1. The standard InChI is InChI=1S/C13H14N2O3/c1-17-8-15-12-6-11-5-9(13(16)18-2)3-4-10(11)7-14-12/h3-7H,8H2,1-2H3,(H,14,15). The number of aromatic nitrogens is 1. The van der Waals surface area contributed by atoms with Gasteiger partial charge in [-0.2, -0.15) is 0 Å². The van der Waals surface area contributed by atoms with Gasteiger partial charge in [-0.25, -0.2) is 9.78 Å². The van der Waals surface area contributed by atoms with E-state index in [4.69, 9.17) is 9.47 Å². The molecular weight excluding hydrogens is 232 g/mol. The van der Waals surface area contributed by atoms with Crippen molar-refractivity contribution in [2.75, 3.05) is 26.3 Å². The Kier molecular flexibility index (Phi) is 3.74. The van der Waals surface area contributed by atoms with Crippen molar-refractivity contribution in [3.63, 3.8) is 0 Å².